The van der Waals surface area contributed by atoms with E-state index in [0.29, 0.717) is 28.3 Å². The molecule has 37 heavy (non-hydrogen) atoms. The van der Waals surface area contributed by atoms with Gasteiger partial charge in [-0.05, 0) is 74.0 Å². The van der Waals surface area contributed by atoms with Crippen molar-refractivity contribution >= 4 is 28.8 Å². The van der Waals surface area contributed by atoms with Gasteiger partial charge in [0, 0.05) is 30.0 Å². The predicted octanol–water partition coefficient (Wildman–Crippen LogP) is 4.88. The highest BCUT2D eigenvalue weighted by Crippen LogP contribution is 2.43. The van der Waals surface area contributed by atoms with Gasteiger partial charge in [-0.15, -0.1) is 0 Å². The summed E-state index contributed by atoms with van der Waals surface area (Å²) in [4.78, 5) is 30.3. The third-order valence-corrected chi connectivity index (χ3v) is 6.57. The van der Waals surface area contributed by atoms with Gasteiger partial charge < -0.3 is 24.6 Å². The standard InChI is InChI=1S/C29H30N2O6/c1-5-30(6-2)20-10-12-21(13-11-20)31-26(18-7-14-22(32)15-8-18)25(28(34)29(31)35)27(33)19-9-16-23(36-3)24(17-19)37-4/h7-17,26,32-33H,5-6H2,1-4H3/b27-25-. The van der Waals surface area contributed by atoms with E-state index in [2.05, 4.69) is 18.7 Å². The number of benzene rings is 3. The Morgan fingerprint density at radius 2 is 1.51 bits per heavy atom. The number of hydrogen-bond acceptors (Lipinski definition) is 7. The van der Waals surface area contributed by atoms with Crippen LogP contribution in [0.15, 0.2) is 72.3 Å². The number of hydrogen-bond donors (Lipinski definition) is 2. The van der Waals surface area contributed by atoms with Crippen LogP contribution < -0.4 is 19.3 Å². The summed E-state index contributed by atoms with van der Waals surface area (Å²) >= 11 is 0. The first kappa shape index (κ1) is 25.6. The average molecular weight is 503 g/mol. The zero-order chi connectivity index (χ0) is 26.7. The molecule has 1 unspecified atom stereocenters. The first-order valence-electron chi connectivity index (χ1n) is 12.0. The van der Waals surface area contributed by atoms with E-state index in [1.54, 1.807) is 42.5 Å². The molecular weight excluding hydrogens is 472 g/mol. The summed E-state index contributed by atoms with van der Waals surface area (Å²) in [7, 11) is 2.97. The van der Waals surface area contributed by atoms with Crippen LogP contribution >= 0.6 is 0 Å². The van der Waals surface area contributed by atoms with Crippen molar-refractivity contribution in [3.8, 4) is 17.2 Å². The zero-order valence-corrected chi connectivity index (χ0v) is 21.3. The molecule has 1 aliphatic rings. The number of rotatable bonds is 8. The summed E-state index contributed by atoms with van der Waals surface area (Å²) in [6, 6.07) is 17.5. The number of amides is 1. The Kier molecular flexibility index (Phi) is 7.38. The van der Waals surface area contributed by atoms with Crippen LogP contribution in [0, 0.1) is 0 Å². The van der Waals surface area contributed by atoms with Gasteiger partial charge in [-0.3, -0.25) is 14.5 Å². The number of ether oxygens (including phenoxy) is 2. The van der Waals surface area contributed by atoms with E-state index in [9.17, 15) is 19.8 Å². The molecule has 0 radical (unpaired) electrons. The first-order chi connectivity index (χ1) is 17.8. The molecule has 0 aliphatic carbocycles. The van der Waals surface area contributed by atoms with Crippen molar-refractivity contribution in [3.05, 3.63) is 83.4 Å². The fraction of sp³-hybridized carbons (Fsp3) is 0.241. The number of carbonyl (C=O) groups excluding carboxylic acids is 2. The molecule has 8 nitrogen and oxygen atoms in total. The normalized spacial score (nSPS) is 16.6. The van der Waals surface area contributed by atoms with Crippen LogP contribution in [0.4, 0.5) is 11.4 Å². The molecule has 3 aromatic carbocycles. The molecule has 0 spiro atoms. The monoisotopic (exact) mass is 502 g/mol. The lowest BCUT2D eigenvalue weighted by atomic mass is 9.95. The number of phenols is 1. The summed E-state index contributed by atoms with van der Waals surface area (Å²) in [6.45, 7) is 5.79. The van der Waals surface area contributed by atoms with Crippen LogP contribution in [-0.2, 0) is 9.59 Å². The molecule has 1 atom stereocenters. The largest absolute Gasteiger partial charge is 0.508 e. The molecule has 0 bridgehead atoms. The molecule has 2 N–H and O–H groups in total. The van der Waals surface area contributed by atoms with Crippen LogP contribution in [0.2, 0.25) is 0 Å². The molecule has 4 rings (SSSR count). The third-order valence-electron chi connectivity index (χ3n) is 6.57. The number of carbonyl (C=O) groups is 2. The topological polar surface area (TPSA) is 99.5 Å². The van der Waals surface area contributed by atoms with Gasteiger partial charge in [0.25, 0.3) is 11.7 Å². The van der Waals surface area contributed by atoms with Crippen molar-refractivity contribution in [3.63, 3.8) is 0 Å². The maximum atomic E-state index is 13.4. The van der Waals surface area contributed by atoms with Crippen LogP contribution in [-0.4, -0.2) is 49.2 Å². The van der Waals surface area contributed by atoms with Gasteiger partial charge >= 0.3 is 0 Å². The molecule has 1 saturated heterocycles. The number of nitrogens with zero attached hydrogens (tertiary/aromatic N) is 2. The molecular formula is C29H30N2O6. The second kappa shape index (κ2) is 10.7. The van der Waals surface area contributed by atoms with E-state index in [4.69, 9.17) is 9.47 Å². The van der Waals surface area contributed by atoms with Gasteiger partial charge in [0.15, 0.2) is 11.5 Å². The van der Waals surface area contributed by atoms with E-state index in [-0.39, 0.29) is 17.1 Å². The molecule has 8 heteroatoms. The lowest BCUT2D eigenvalue weighted by Gasteiger charge is -2.27. The zero-order valence-electron chi connectivity index (χ0n) is 21.3. The van der Waals surface area contributed by atoms with Crippen LogP contribution in [0.1, 0.15) is 31.0 Å². The quantitative estimate of drug-likeness (QED) is 0.257. The van der Waals surface area contributed by atoms with Crippen molar-refractivity contribution in [1.29, 1.82) is 0 Å². The van der Waals surface area contributed by atoms with Crippen molar-refractivity contribution < 1.29 is 29.3 Å². The minimum absolute atomic E-state index is 0.0455. The summed E-state index contributed by atoms with van der Waals surface area (Å²) in [6.07, 6.45) is 0. The van der Waals surface area contributed by atoms with Crippen LogP contribution in [0.25, 0.3) is 5.76 Å². The summed E-state index contributed by atoms with van der Waals surface area (Å²) in [5.41, 5.74) is 2.32. The van der Waals surface area contributed by atoms with E-state index >= 15 is 0 Å². The highest BCUT2D eigenvalue weighted by molar-refractivity contribution is 6.51. The fourth-order valence-corrected chi connectivity index (χ4v) is 4.62. The molecule has 1 amide bonds. The lowest BCUT2D eigenvalue weighted by molar-refractivity contribution is -0.132. The minimum atomic E-state index is -0.909. The highest BCUT2D eigenvalue weighted by atomic mass is 16.5. The maximum Gasteiger partial charge on any atom is 0.300 e. The summed E-state index contributed by atoms with van der Waals surface area (Å²) in [5, 5.41) is 21.2. The Morgan fingerprint density at radius 1 is 0.892 bits per heavy atom. The molecule has 1 heterocycles. The molecule has 1 fully saturated rings. The SMILES string of the molecule is CCN(CC)c1ccc(N2C(=O)C(=O)/C(=C(\O)c3ccc(OC)c(OC)c3)C2c2ccc(O)cc2)cc1. The van der Waals surface area contributed by atoms with Gasteiger partial charge in [0.1, 0.15) is 11.5 Å². The average Bonchev–Trinajstić information content (AvgIpc) is 3.19. The molecule has 0 aromatic heterocycles. The molecule has 192 valence electrons. The van der Waals surface area contributed by atoms with E-state index < -0.39 is 17.7 Å². The lowest BCUT2D eigenvalue weighted by Crippen LogP contribution is -2.29. The van der Waals surface area contributed by atoms with Gasteiger partial charge in [0.2, 0.25) is 0 Å². The predicted molar refractivity (Wildman–Crippen MR) is 142 cm³/mol. The maximum absolute atomic E-state index is 13.4. The van der Waals surface area contributed by atoms with Gasteiger partial charge in [-0.2, -0.15) is 0 Å². The number of methoxy groups -OCH3 is 2. The number of phenolic OH excluding ortho intramolecular Hbond substituents is 1. The number of ketones is 1. The van der Waals surface area contributed by atoms with Crippen LogP contribution in [0.3, 0.4) is 0 Å². The number of aliphatic hydroxyl groups is 1. The van der Waals surface area contributed by atoms with E-state index in [1.165, 1.54) is 31.3 Å². The van der Waals surface area contributed by atoms with Crippen molar-refractivity contribution in [2.75, 3.05) is 37.1 Å². The second-order valence-electron chi connectivity index (χ2n) is 8.52. The molecule has 1 aliphatic heterocycles. The van der Waals surface area contributed by atoms with Gasteiger partial charge in [-0.25, -0.2) is 0 Å². The van der Waals surface area contributed by atoms with Crippen molar-refractivity contribution in [2.45, 2.75) is 19.9 Å². The number of aliphatic hydroxyl groups excluding tert-OH is 1. The summed E-state index contributed by atoms with van der Waals surface area (Å²) < 4.78 is 10.6. The highest BCUT2D eigenvalue weighted by Gasteiger charge is 2.47. The Hall–Kier alpha value is -4.46. The fourth-order valence-electron chi connectivity index (χ4n) is 4.62. The smallest absolute Gasteiger partial charge is 0.300 e. The van der Waals surface area contributed by atoms with Gasteiger partial charge in [-0.1, -0.05) is 12.1 Å². The Bertz CT molecular complexity index is 1330. The Labute approximate surface area is 216 Å². The molecule has 3 aromatic rings. The van der Waals surface area contributed by atoms with Crippen LogP contribution in [0.5, 0.6) is 17.2 Å². The number of Topliss-reactive ketones (excluding diaryl/α,β-unsaturated/α-hetero) is 1. The Balaban J connectivity index is 1.88. The summed E-state index contributed by atoms with van der Waals surface area (Å²) in [5.74, 6) is -1.02. The van der Waals surface area contributed by atoms with E-state index in [1.807, 2.05) is 12.1 Å². The first-order valence-corrected chi connectivity index (χ1v) is 12.0. The minimum Gasteiger partial charge on any atom is -0.508 e. The van der Waals surface area contributed by atoms with E-state index in [0.717, 1.165) is 18.8 Å². The van der Waals surface area contributed by atoms with Crippen molar-refractivity contribution in [2.24, 2.45) is 0 Å². The Morgan fingerprint density at radius 3 is 2.08 bits per heavy atom. The number of anilines is 2. The number of aromatic hydroxyl groups is 1. The van der Waals surface area contributed by atoms with Crippen molar-refractivity contribution in [1.82, 2.24) is 0 Å². The second-order valence-corrected chi connectivity index (χ2v) is 8.52. The van der Waals surface area contributed by atoms with Gasteiger partial charge in [0.05, 0.1) is 25.8 Å². The molecule has 0 saturated carbocycles. The third kappa shape index (κ3) is 4.70.